The van der Waals surface area contributed by atoms with E-state index in [0.717, 1.165) is 6.07 Å². The molecule has 19 heavy (non-hydrogen) atoms. The van der Waals surface area contributed by atoms with Crippen LogP contribution < -0.4 is 4.90 Å². The zero-order chi connectivity index (χ0) is 14.0. The van der Waals surface area contributed by atoms with E-state index in [1.165, 1.54) is 6.07 Å². The first-order valence-electron chi connectivity index (χ1n) is 6.30. The van der Waals surface area contributed by atoms with Gasteiger partial charge in [-0.05, 0) is 18.1 Å². The molecular formula is C13H17F3N2O. The highest BCUT2D eigenvalue weighted by Crippen LogP contribution is 2.35. The van der Waals surface area contributed by atoms with Crippen molar-refractivity contribution in [3.05, 3.63) is 23.4 Å². The number of alkyl halides is 3. The van der Waals surface area contributed by atoms with E-state index in [4.69, 9.17) is 4.74 Å². The van der Waals surface area contributed by atoms with Gasteiger partial charge in [-0.3, -0.25) is 0 Å². The highest BCUT2D eigenvalue weighted by Gasteiger charge is 2.35. The lowest BCUT2D eigenvalue weighted by atomic mass is 10.0. The van der Waals surface area contributed by atoms with Crippen molar-refractivity contribution in [3.8, 4) is 0 Å². The molecule has 3 nitrogen and oxygen atoms in total. The van der Waals surface area contributed by atoms with Gasteiger partial charge in [-0.25, -0.2) is 4.98 Å². The second-order valence-corrected chi connectivity index (χ2v) is 4.85. The Morgan fingerprint density at radius 3 is 2.37 bits per heavy atom. The van der Waals surface area contributed by atoms with Gasteiger partial charge in [0, 0.05) is 13.1 Å². The van der Waals surface area contributed by atoms with Crippen LogP contribution in [0.3, 0.4) is 0 Å². The number of aromatic nitrogens is 1. The monoisotopic (exact) mass is 274 g/mol. The minimum absolute atomic E-state index is 0.108. The topological polar surface area (TPSA) is 25.4 Å². The molecule has 0 saturated carbocycles. The Morgan fingerprint density at radius 1 is 1.21 bits per heavy atom. The standard InChI is InChI=1S/C13H17F3N2O/c1-9(2)12-10(13(14,15)16)3-4-11(17-12)18-5-7-19-8-6-18/h3-4,9H,5-8H2,1-2H3. The number of hydrogen-bond acceptors (Lipinski definition) is 3. The first-order chi connectivity index (χ1) is 8.89. The molecule has 1 fully saturated rings. The van der Waals surface area contributed by atoms with Gasteiger partial charge >= 0.3 is 6.18 Å². The highest BCUT2D eigenvalue weighted by atomic mass is 19.4. The number of nitrogens with zero attached hydrogens (tertiary/aromatic N) is 2. The molecule has 0 amide bonds. The predicted octanol–water partition coefficient (Wildman–Crippen LogP) is 3.06. The van der Waals surface area contributed by atoms with E-state index in [1.54, 1.807) is 13.8 Å². The van der Waals surface area contributed by atoms with Gasteiger partial charge in [0.25, 0.3) is 0 Å². The average Bonchev–Trinajstić information content (AvgIpc) is 2.38. The molecule has 2 rings (SSSR count). The molecule has 6 heteroatoms. The molecule has 2 heterocycles. The molecule has 106 valence electrons. The third-order valence-corrected chi connectivity index (χ3v) is 3.10. The fraction of sp³-hybridized carbons (Fsp3) is 0.615. The van der Waals surface area contributed by atoms with E-state index in [0.29, 0.717) is 32.1 Å². The zero-order valence-electron chi connectivity index (χ0n) is 11.0. The lowest BCUT2D eigenvalue weighted by Gasteiger charge is -2.29. The molecule has 1 aromatic heterocycles. The third kappa shape index (κ3) is 3.18. The van der Waals surface area contributed by atoms with E-state index >= 15 is 0 Å². The number of rotatable bonds is 2. The van der Waals surface area contributed by atoms with Crippen molar-refractivity contribution in [2.45, 2.75) is 25.9 Å². The molecule has 0 aliphatic carbocycles. The van der Waals surface area contributed by atoms with Gasteiger partial charge in [0.1, 0.15) is 5.82 Å². The van der Waals surface area contributed by atoms with Crippen molar-refractivity contribution >= 4 is 5.82 Å². The van der Waals surface area contributed by atoms with E-state index in [-0.39, 0.29) is 11.6 Å². The number of hydrogen-bond donors (Lipinski definition) is 0. The summed E-state index contributed by atoms with van der Waals surface area (Å²) in [7, 11) is 0. The fourth-order valence-electron chi connectivity index (χ4n) is 2.11. The maximum atomic E-state index is 12.9. The first kappa shape index (κ1) is 14.1. The number of halogens is 3. The highest BCUT2D eigenvalue weighted by molar-refractivity contribution is 5.43. The average molecular weight is 274 g/mol. The summed E-state index contributed by atoms with van der Waals surface area (Å²) in [6.07, 6.45) is -4.35. The largest absolute Gasteiger partial charge is 0.418 e. The van der Waals surface area contributed by atoms with Crippen LogP contribution >= 0.6 is 0 Å². The molecule has 0 spiro atoms. The Kier molecular flexibility index (Phi) is 3.99. The number of pyridine rings is 1. The van der Waals surface area contributed by atoms with Crippen LogP contribution in [0.25, 0.3) is 0 Å². The van der Waals surface area contributed by atoms with E-state index in [1.807, 2.05) is 4.90 Å². The van der Waals surface area contributed by atoms with Crippen LogP contribution in [0.1, 0.15) is 31.0 Å². The fourth-order valence-corrected chi connectivity index (χ4v) is 2.11. The lowest BCUT2D eigenvalue weighted by Crippen LogP contribution is -2.37. The molecule has 0 bridgehead atoms. The first-order valence-corrected chi connectivity index (χ1v) is 6.30. The molecule has 0 aromatic carbocycles. The van der Waals surface area contributed by atoms with Crippen LogP contribution in [-0.2, 0) is 10.9 Å². The van der Waals surface area contributed by atoms with Gasteiger partial charge in [-0.1, -0.05) is 13.8 Å². The quantitative estimate of drug-likeness (QED) is 0.828. The maximum Gasteiger partial charge on any atom is 0.418 e. The molecule has 0 atom stereocenters. The molecule has 1 aliphatic heterocycles. The smallest absolute Gasteiger partial charge is 0.378 e. The molecule has 1 aliphatic rings. The van der Waals surface area contributed by atoms with Crippen LogP contribution in [0.2, 0.25) is 0 Å². The number of morpholine rings is 1. The Hall–Kier alpha value is -1.30. The van der Waals surface area contributed by atoms with Crippen molar-refractivity contribution in [2.24, 2.45) is 0 Å². The van der Waals surface area contributed by atoms with Crippen molar-refractivity contribution in [2.75, 3.05) is 31.2 Å². The minimum atomic E-state index is -4.35. The summed E-state index contributed by atoms with van der Waals surface area (Å²) in [6.45, 7) is 5.94. The van der Waals surface area contributed by atoms with Crippen molar-refractivity contribution in [1.82, 2.24) is 4.98 Å². The number of anilines is 1. The molecule has 1 aromatic rings. The summed E-state index contributed by atoms with van der Waals surface area (Å²) < 4.78 is 44.0. The van der Waals surface area contributed by atoms with Crippen LogP contribution in [0.5, 0.6) is 0 Å². The molecular weight excluding hydrogens is 257 g/mol. The maximum absolute atomic E-state index is 12.9. The summed E-state index contributed by atoms with van der Waals surface area (Å²) in [6, 6.07) is 2.58. The van der Waals surface area contributed by atoms with Crippen LogP contribution in [-0.4, -0.2) is 31.3 Å². The third-order valence-electron chi connectivity index (χ3n) is 3.10. The number of ether oxygens (including phenoxy) is 1. The minimum Gasteiger partial charge on any atom is -0.378 e. The van der Waals surface area contributed by atoms with Crippen LogP contribution in [0.15, 0.2) is 12.1 Å². The van der Waals surface area contributed by atoms with E-state index in [9.17, 15) is 13.2 Å². The van der Waals surface area contributed by atoms with Gasteiger partial charge in [0.15, 0.2) is 0 Å². The summed E-state index contributed by atoms with van der Waals surface area (Å²) in [5, 5.41) is 0. The van der Waals surface area contributed by atoms with Gasteiger partial charge in [0.2, 0.25) is 0 Å². The van der Waals surface area contributed by atoms with Crippen LogP contribution in [0.4, 0.5) is 19.0 Å². The summed E-state index contributed by atoms with van der Waals surface area (Å²) in [5.41, 5.74) is -0.531. The Morgan fingerprint density at radius 2 is 1.84 bits per heavy atom. The van der Waals surface area contributed by atoms with Crippen LogP contribution in [0, 0.1) is 0 Å². The van der Waals surface area contributed by atoms with E-state index in [2.05, 4.69) is 4.98 Å². The summed E-state index contributed by atoms with van der Waals surface area (Å²) in [5.74, 6) is 0.331. The van der Waals surface area contributed by atoms with Gasteiger partial charge in [-0.15, -0.1) is 0 Å². The van der Waals surface area contributed by atoms with Crippen molar-refractivity contribution < 1.29 is 17.9 Å². The van der Waals surface area contributed by atoms with Gasteiger partial charge in [0.05, 0.1) is 24.5 Å². The zero-order valence-corrected chi connectivity index (χ0v) is 11.0. The Balaban J connectivity index is 2.35. The summed E-state index contributed by atoms with van der Waals surface area (Å²) in [4.78, 5) is 6.17. The SMILES string of the molecule is CC(C)c1nc(N2CCOCC2)ccc1C(F)(F)F. The molecule has 1 saturated heterocycles. The second kappa shape index (κ2) is 5.36. The van der Waals surface area contributed by atoms with Crippen molar-refractivity contribution in [1.29, 1.82) is 0 Å². The van der Waals surface area contributed by atoms with E-state index < -0.39 is 11.7 Å². The van der Waals surface area contributed by atoms with Crippen molar-refractivity contribution in [3.63, 3.8) is 0 Å². The molecule has 0 N–H and O–H groups in total. The predicted molar refractivity (Wildman–Crippen MR) is 66.4 cm³/mol. The van der Waals surface area contributed by atoms with Gasteiger partial charge in [-0.2, -0.15) is 13.2 Å². The molecule has 0 radical (unpaired) electrons. The molecule has 0 unspecified atom stereocenters. The second-order valence-electron chi connectivity index (χ2n) is 4.85. The van der Waals surface area contributed by atoms with Gasteiger partial charge < -0.3 is 9.64 Å². The normalized spacial score (nSPS) is 17.1. The Labute approximate surface area is 110 Å². The Bertz CT molecular complexity index is 440. The lowest BCUT2D eigenvalue weighted by molar-refractivity contribution is -0.138. The summed E-state index contributed by atoms with van der Waals surface area (Å²) >= 11 is 0.